The quantitative estimate of drug-likeness (QED) is 0.822. The normalized spacial score (nSPS) is 23.8. The summed E-state index contributed by atoms with van der Waals surface area (Å²) < 4.78 is 0. The maximum atomic E-state index is 13.0. The molecule has 1 amide bonds. The van der Waals surface area contributed by atoms with E-state index in [0.717, 1.165) is 30.3 Å². The summed E-state index contributed by atoms with van der Waals surface area (Å²) in [6.45, 7) is 0.908. The molecule has 4 heteroatoms. The second-order valence-corrected chi connectivity index (χ2v) is 7.98. The zero-order valence-electron chi connectivity index (χ0n) is 14.0. The average molecular weight is 340 g/mol. The molecule has 2 atom stereocenters. The number of aromatic nitrogens is 1. The molecule has 0 unspecified atom stereocenters. The van der Waals surface area contributed by atoms with Crippen LogP contribution in [0, 0.1) is 5.92 Å². The smallest absolute Gasteiger partial charge is 0.273 e. The van der Waals surface area contributed by atoms with E-state index in [-0.39, 0.29) is 5.91 Å². The fourth-order valence-electron chi connectivity index (χ4n) is 4.28. The molecule has 4 rings (SSSR count). The lowest BCUT2D eigenvalue weighted by Gasteiger charge is -2.43. The third-order valence-corrected chi connectivity index (χ3v) is 6.32. The maximum Gasteiger partial charge on any atom is 0.273 e. The summed E-state index contributed by atoms with van der Waals surface area (Å²) in [6.07, 6.45) is 8.33. The molecule has 3 nitrogen and oxygen atoms in total. The third-order valence-electron chi connectivity index (χ3n) is 5.47. The van der Waals surface area contributed by atoms with Gasteiger partial charge in [0.15, 0.2) is 0 Å². The van der Waals surface area contributed by atoms with Gasteiger partial charge in [-0.25, -0.2) is 4.98 Å². The molecule has 1 aromatic carbocycles. The zero-order valence-corrected chi connectivity index (χ0v) is 14.8. The Labute approximate surface area is 147 Å². The van der Waals surface area contributed by atoms with Crippen LogP contribution in [-0.2, 0) is 6.42 Å². The van der Waals surface area contributed by atoms with Crippen LogP contribution >= 0.6 is 11.3 Å². The van der Waals surface area contributed by atoms with Crippen LogP contribution in [0.3, 0.4) is 0 Å². The van der Waals surface area contributed by atoms with Crippen LogP contribution in [0.25, 0.3) is 0 Å². The van der Waals surface area contributed by atoms with E-state index < -0.39 is 0 Å². The summed E-state index contributed by atoms with van der Waals surface area (Å²) >= 11 is 1.61. The summed E-state index contributed by atoms with van der Waals surface area (Å²) in [4.78, 5) is 19.8. The molecule has 1 saturated carbocycles. The predicted octanol–water partition coefficient (Wildman–Crippen LogP) is 4.53. The van der Waals surface area contributed by atoms with Gasteiger partial charge in [-0.2, -0.15) is 0 Å². The Kier molecular flexibility index (Phi) is 4.65. The van der Waals surface area contributed by atoms with Gasteiger partial charge in [0.05, 0.1) is 5.01 Å². The monoisotopic (exact) mass is 340 g/mol. The maximum absolute atomic E-state index is 13.0. The van der Waals surface area contributed by atoms with Gasteiger partial charge in [-0.15, -0.1) is 11.3 Å². The first-order valence-electron chi connectivity index (χ1n) is 9.10. The molecule has 2 fully saturated rings. The van der Waals surface area contributed by atoms with Crippen molar-refractivity contribution in [3.8, 4) is 0 Å². The van der Waals surface area contributed by atoms with Gasteiger partial charge in [0.1, 0.15) is 5.69 Å². The highest BCUT2D eigenvalue weighted by atomic mass is 32.1. The molecule has 2 aliphatic rings. The number of nitrogens with zero attached hydrogens (tertiary/aromatic N) is 2. The van der Waals surface area contributed by atoms with E-state index in [1.54, 1.807) is 11.3 Å². The summed E-state index contributed by atoms with van der Waals surface area (Å²) in [5, 5.41) is 2.98. The molecule has 0 radical (unpaired) electrons. The molecule has 2 heterocycles. The Hall–Kier alpha value is -1.68. The second kappa shape index (κ2) is 7.06. The number of fused-ring (bicyclic) bond motifs is 1. The van der Waals surface area contributed by atoms with Gasteiger partial charge >= 0.3 is 0 Å². The average Bonchev–Trinajstić information content (AvgIpc) is 3.10. The first-order valence-corrected chi connectivity index (χ1v) is 9.98. The van der Waals surface area contributed by atoms with Crippen molar-refractivity contribution in [1.29, 1.82) is 0 Å². The Morgan fingerprint density at radius 3 is 2.79 bits per heavy atom. The van der Waals surface area contributed by atoms with Gasteiger partial charge in [0.25, 0.3) is 5.91 Å². The van der Waals surface area contributed by atoms with Crippen molar-refractivity contribution < 1.29 is 4.79 Å². The van der Waals surface area contributed by atoms with Gasteiger partial charge in [0.2, 0.25) is 0 Å². The van der Waals surface area contributed by atoms with Crippen molar-refractivity contribution in [1.82, 2.24) is 9.88 Å². The summed E-state index contributed by atoms with van der Waals surface area (Å²) in [5.41, 5.74) is 1.90. The second-order valence-electron chi connectivity index (χ2n) is 7.04. The molecule has 0 spiro atoms. The number of carbonyl (C=O) groups excluding carboxylic acids is 1. The van der Waals surface area contributed by atoms with Gasteiger partial charge in [0, 0.05) is 24.4 Å². The highest BCUT2D eigenvalue weighted by molar-refractivity contribution is 7.09. The molecular weight excluding hydrogens is 316 g/mol. The number of benzene rings is 1. The van der Waals surface area contributed by atoms with Crippen LogP contribution < -0.4 is 0 Å². The van der Waals surface area contributed by atoms with Crippen LogP contribution in [0.5, 0.6) is 0 Å². The SMILES string of the molecule is O=C(c1csc(Cc2ccccc2)n1)N1CCC[C@@H]2CCCC[C@H]21. The van der Waals surface area contributed by atoms with E-state index in [1.165, 1.54) is 37.7 Å². The summed E-state index contributed by atoms with van der Waals surface area (Å²) in [6, 6.07) is 10.8. The molecular formula is C20H24N2OS. The highest BCUT2D eigenvalue weighted by Crippen LogP contribution is 2.36. The number of piperidine rings is 1. The van der Waals surface area contributed by atoms with Gasteiger partial charge < -0.3 is 4.90 Å². The number of rotatable bonds is 3. The van der Waals surface area contributed by atoms with Gasteiger partial charge in [-0.3, -0.25) is 4.79 Å². The lowest BCUT2D eigenvalue weighted by Crippen LogP contribution is -2.49. The first kappa shape index (κ1) is 15.8. The van der Waals surface area contributed by atoms with Crippen LogP contribution in [0.1, 0.15) is 59.6 Å². The van der Waals surface area contributed by atoms with E-state index in [1.807, 2.05) is 23.6 Å². The fraction of sp³-hybridized carbons (Fsp3) is 0.500. The minimum Gasteiger partial charge on any atom is -0.334 e. The Balaban J connectivity index is 1.48. The minimum absolute atomic E-state index is 0.155. The third kappa shape index (κ3) is 3.25. The van der Waals surface area contributed by atoms with Crippen molar-refractivity contribution >= 4 is 17.2 Å². The lowest BCUT2D eigenvalue weighted by atomic mass is 9.78. The standard InChI is InChI=1S/C20H24N2OS/c23-20(22-12-6-10-16-9-4-5-11-18(16)22)17-14-24-19(21-17)13-15-7-2-1-3-8-15/h1-3,7-8,14,16,18H,4-6,9-13H2/t16-,18+/m0/s1. The van der Waals surface area contributed by atoms with Crippen molar-refractivity contribution in [2.24, 2.45) is 5.92 Å². The van der Waals surface area contributed by atoms with Crippen molar-refractivity contribution in [2.45, 2.75) is 51.0 Å². The summed E-state index contributed by atoms with van der Waals surface area (Å²) in [5.74, 6) is 0.876. The topological polar surface area (TPSA) is 33.2 Å². The van der Waals surface area contributed by atoms with E-state index in [9.17, 15) is 4.79 Å². The highest BCUT2D eigenvalue weighted by Gasteiger charge is 2.36. The van der Waals surface area contributed by atoms with Crippen molar-refractivity contribution in [3.05, 3.63) is 52.0 Å². The molecule has 1 saturated heterocycles. The number of amides is 1. The molecule has 24 heavy (non-hydrogen) atoms. The summed E-state index contributed by atoms with van der Waals surface area (Å²) in [7, 11) is 0. The number of hydrogen-bond donors (Lipinski definition) is 0. The number of likely N-dealkylation sites (tertiary alicyclic amines) is 1. The van der Waals surface area contributed by atoms with E-state index in [2.05, 4.69) is 22.0 Å². The van der Waals surface area contributed by atoms with E-state index >= 15 is 0 Å². The zero-order chi connectivity index (χ0) is 16.4. The Morgan fingerprint density at radius 2 is 1.92 bits per heavy atom. The molecule has 2 aromatic rings. The van der Waals surface area contributed by atoms with E-state index in [4.69, 9.17) is 0 Å². The fourth-order valence-corrected chi connectivity index (χ4v) is 5.09. The van der Waals surface area contributed by atoms with E-state index in [0.29, 0.717) is 11.7 Å². The lowest BCUT2D eigenvalue weighted by molar-refractivity contribution is 0.0386. The van der Waals surface area contributed by atoms with Gasteiger partial charge in [-0.05, 0) is 37.2 Å². The molecule has 0 N–H and O–H groups in total. The number of carbonyl (C=O) groups is 1. The van der Waals surface area contributed by atoms with Crippen LogP contribution in [-0.4, -0.2) is 28.4 Å². The van der Waals surface area contributed by atoms with Crippen molar-refractivity contribution in [2.75, 3.05) is 6.54 Å². The van der Waals surface area contributed by atoms with Crippen molar-refractivity contribution in [3.63, 3.8) is 0 Å². The molecule has 1 aromatic heterocycles. The molecule has 0 bridgehead atoms. The minimum atomic E-state index is 0.155. The first-order chi connectivity index (χ1) is 11.8. The predicted molar refractivity (Wildman–Crippen MR) is 97.4 cm³/mol. The van der Waals surface area contributed by atoms with Crippen LogP contribution in [0.2, 0.25) is 0 Å². The Morgan fingerprint density at radius 1 is 1.12 bits per heavy atom. The van der Waals surface area contributed by atoms with Crippen LogP contribution in [0.15, 0.2) is 35.7 Å². The van der Waals surface area contributed by atoms with Gasteiger partial charge in [-0.1, -0.05) is 43.2 Å². The molecule has 126 valence electrons. The molecule has 1 aliphatic carbocycles. The number of thiazole rings is 1. The number of hydrogen-bond acceptors (Lipinski definition) is 3. The molecule has 1 aliphatic heterocycles. The largest absolute Gasteiger partial charge is 0.334 e. The Bertz CT molecular complexity index is 695. The van der Waals surface area contributed by atoms with Crippen LogP contribution in [0.4, 0.5) is 0 Å².